The standard InChI is InChI=1S/C30H22BrCl2FN2O4S/c1-3-39-29(38)26-16(2)35-30-36(27(26)18-6-9-21(34)10-7-18)28(37)25(41-30)13-17-4-11-24(22(31)12-17)40-15-19-5-8-20(32)14-23(19)33/h4-14,27H,3,15H2,1-2H3/b25-13-/t27-/m1/s1. The number of aromatic nitrogens is 1. The molecular formula is C30H22BrCl2FN2O4S. The van der Waals surface area contributed by atoms with E-state index in [0.717, 1.165) is 11.1 Å². The van der Waals surface area contributed by atoms with Crippen LogP contribution in [0, 0.1) is 5.82 Å². The van der Waals surface area contributed by atoms with Crippen molar-refractivity contribution in [1.29, 1.82) is 0 Å². The first-order valence-corrected chi connectivity index (χ1v) is 14.8. The van der Waals surface area contributed by atoms with Crippen molar-refractivity contribution < 1.29 is 18.7 Å². The van der Waals surface area contributed by atoms with Crippen LogP contribution in [0.25, 0.3) is 6.08 Å². The molecule has 0 bridgehead atoms. The van der Waals surface area contributed by atoms with Crippen molar-refractivity contribution in [2.45, 2.75) is 26.5 Å². The van der Waals surface area contributed by atoms with Gasteiger partial charge in [0.1, 0.15) is 18.2 Å². The van der Waals surface area contributed by atoms with Crippen LogP contribution in [0.5, 0.6) is 5.75 Å². The van der Waals surface area contributed by atoms with E-state index in [1.807, 2.05) is 12.1 Å². The third-order valence-corrected chi connectivity index (χ3v) is 8.54. The van der Waals surface area contributed by atoms with E-state index in [1.165, 1.54) is 28.0 Å². The molecule has 1 aromatic heterocycles. The van der Waals surface area contributed by atoms with E-state index in [1.54, 1.807) is 56.3 Å². The van der Waals surface area contributed by atoms with E-state index in [0.29, 0.717) is 40.9 Å². The molecule has 2 heterocycles. The van der Waals surface area contributed by atoms with Crippen molar-refractivity contribution >= 4 is 62.5 Å². The molecule has 3 aromatic carbocycles. The van der Waals surface area contributed by atoms with Crippen LogP contribution in [0.3, 0.4) is 0 Å². The Hall–Kier alpha value is -3.24. The number of rotatable bonds is 7. The Labute approximate surface area is 257 Å². The summed E-state index contributed by atoms with van der Waals surface area (Å²) in [6.07, 6.45) is 1.75. The summed E-state index contributed by atoms with van der Waals surface area (Å²) in [4.78, 5) is 31.7. The van der Waals surface area contributed by atoms with E-state index < -0.39 is 17.8 Å². The maximum atomic E-state index is 13.7. The van der Waals surface area contributed by atoms with Crippen LogP contribution in [0.1, 0.15) is 36.6 Å². The number of thiazole rings is 1. The zero-order chi connectivity index (χ0) is 29.3. The van der Waals surface area contributed by atoms with Crippen molar-refractivity contribution in [2.75, 3.05) is 6.61 Å². The number of esters is 1. The summed E-state index contributed by atoms with van der Waals surface area (Å²) >= 11 is 17.0. The highest BCUT2D eigenvalue weighted by molar-refractivity contribution is 9.10. The van der Waals surface area contributed by atoms with Gasteiger partial charge >= 0.3 is 5.97 Å². The lowest BCUT2D eigenvalue weighted by Crippen LogP contribution is -2.39. The van der Waals surface area contributed by atoms with Crippen molar-refractivity contribution in [2.24, 2.45) is 4.99 Å². The number of halogens is 4. The number of fused-ring (bicyclic) bond motifs is 1. The first-order valence-electron chi connectivity index (χ1n) is 12.5. The summed E-state index contributed by atoms with van der Waals surface area (Å²) in [6, 6.07) is 15.6. The van der Waals surface area contributed by atoms with E-state index in [2.05, 4.69) is 20.9 Å². The van der Waals surface area contributed by atoms with Crippen molar-refractivity contribution in [3.8, 4) is 5.75 Å². The largest absolute Gasteiger partial charge is 0.488 e. The summed E-state index contributed by atoms with van der Waals surface area (Å²) < 4.78 is 27.5. The maximum Gasteiger partial charge on any atom is 0.338 e. The molecule has 1 atom stereocenters. The predicted octanol–water partition coefficient (Wildman–Crippen LogP) is 6.59. The fourth-order valence-electron chi connectivity index (χ4n) is 4.42. The molecular weight excluding hydrogens is 654 g/mol. The first-order chi connectivity index (χ1) is 19.7. The third-order valence-electron chi connectivity index (χ3n) is 6.35. The SMILES string of the molecule is CCOC(=O)C1=C(C)N=c2s/c(=C\c3ccc(OCc4ccc(Cl)cc4Cl)c(Br)c3)c(=O)n2[C@@H]1c1ccc(F)cc1. The molecule has 1 aliphatic heterocycles. The lowest BCUT2D eigenvalue weighted by molar-refractivity contribution is -0.139. The molecule has 0 spiro atoms. The van der Waals surface area contributed by atoms with Gasteiger partial charge in [0.25, 0.3) is 5.56 Å². The molecule has 210 valence electrons. The fraction of sp³-hybridized carbons (Fsp3) is 0.167. The van der Waals surface area contributed by atoms with E-state index in [9.17, 15) is 14.0 Å². The average Bonchev–Trinajstić information content (AvgIpc) is 3.23. The molecule has 6 nitrogen and oxygen atoms in total. The number of hydrogen-bond acceptors (Lipinski definition) is 6. The molecule has 0 saturated carbocycles. The molecule has 1 aliphatic rings. The topological polar surface area (TPSA) is 69.9 Å². The van der Waals surface area contributed by atoms with Crippen LogP contribution in [0.15, 0.2) is 86.2 Å². The van der Waals surface area contributed by atoms with Crippen LogP contribution in [0.2, 0.25) is 10.0 Å². The Bertz CT molecular complexity index is 1870. The molecule has 0 aliphatic carbocycles. The summed E-state index contributed by atoms with van der Waals surface area (Å²) in [5, 5.41) is 1.06. The second-order valence-corrected chi connectivity index (χ2v) is 11.8. The van der Waals surface area contributed by atoms with Crippen molar-refractivity contribution in [3.05, 3.63) is 129 Å². The Morgan fingerprint density at radius 2 is 1.90 bits per heavy atom. The van der Waals surface area contributed by atoms with Gasteiger partial charge in [-0.1, -0.05) is 58.8 Å². The van der Waals surface area contributed by atoms with Gasteiger partial charge < -0.3 is 9.47 Å². The number of nitrogens with zero attached hydrogens (tertiary/aromatic N) is 2. The van der Waals surface area contributed by atoms with Gasteiger partial charge in [-0.3, -0.25) is 9.36 Å². The number of allylic oxidation sites excluding steroid dienone is 1. The van der Waals surface area contributed by atoms with Gasteiger partial charge in [0.15, 0.2) is 4.80 Å². The third kappa shape index (κ3) is 6.18. The van der Waals surface area contributed by atoms with Crippen molar-refractivity contribution in [3.63, 3.8) is 0 Å². The highest BCUT2D eigenvalue weighted by Crippen LogP contribution is 2.31. The molecule has 11 heteroatoms. The van der Waals surface area contributed by atoms with Crippen molar-refractivity contribution in [1.82, 2.24) is 4.57 Å². The second-order valence-electron chi connectivity index (χ2n) is 9.07. The predicted molar refractivity (Wildman–Crippen MR) is 162 cm³/mol. The van der Waals surface area contributed by atoms with Crippen LogP contribution >= 0.6 is 50.5 Å². The Morgan fingerprint density at radius 1 is 1.15 bits per heavy atom. The molecule has 5 rings (SSSR count). The summed E-state index contributed by atoms with van der Waals surface area (Å²) in [5.74, 6) is -0.397. The van der Waals surface area contributed by atoms with Crippen LogP contribution in [-0.2, 0) is 16.1 Å². The highest BCUT2D eigenvalue weighted by atomic mass is 79.9. The average molecular weight is 676 g/mol. The van der Waals surface area contributed by atoms with E-state index in [-0.39, 0.29) is 24.3 Å². The monoisotopic (exact) mass is 674 g/mol. The fourth-order valence-corrected chi connectivity index (χ4v) is 6.44. The summed E-state index contributed by atoms with van der Waals surface area (Å²) in [5.41, 5.74) is 2.46. The second kappa shape index (κ2) is 12.3. The van der Waals surface area contributed by atoms with Crippen LogP contribution in [0.4, 0.5) is 4.39 Å². The van der Waals surface area contributed by atoms with Gasteiger partial charge in [0, 0.05) is 15.6 Å². The van der Waals surface area contributed by atoms with Gasteiger partial charge in [-0.15, -0.1) is 0 Å². The lowest BCUT2D eigenvalue weighted by atomic mass is 9.96. The Balaban J connectivity index is 1.51. The summed E-state index contributed by atoms with van der Waals surface area (Å²) in [7, 11) is 0. The Kier molecular flexibility index (Phi) is 8.79. The van der Waals surface area contributed by atoms with Crippen LogP contribution < -0.4 is 19.6 Å². The molecule has 0 saturated heterocycles. The molecule has 41 heavy (non-hydrogen) atoms. The summed E-state index contributed by atoms with van der Waals surface area (Å²) in [6.45, 7) is 3.82. The van der Waals surface area contributed by atoms with Gasteiger partial charge in [0.05, 0.1) is 32.9 Å². The zero-order valence-corrected chi connectivity index (χ0v) is 25.7. The van der Waals surface area contributed by atoms with Gasteiger partial charge in [-0.2, -0.15) is 0 Å². The zero-order valence-electron chi connectivity index (χ0n) is 21.8. The number of hydrogen-bond donors (Lipinski definition) is 0. The van der Waals surface area contributed by atoms with Gasteiger partial charge in [0.2, 0.25) is 0 Å². The van der Waals surface area contributed by atoms with Gasteiger partial charge in [-0.25, -0.2) is 14.2 Å². The number of benzene rings is 3. The lowest BCUT2D eigenvalue weighted by Gasteiger charge is -2.24. The molecule has 0 unspecified atom stereocenters. The molecule has 0 amide bonds. The highest BCUT2D eigenvalue weighted by Gasteiger charge is 2.33. The number of carbonyl (C=O) groups is 1. The van der Waals surface area contributed by atoms with Gasteiger partial charge in [-0.05, 0) is 83.4 Å². The minimum absolute atomic E-state index is 0.164. The number of ether oxygens (including phenoxy) is 2. The number of carbonyl (C=O) groups excluding carboxylic acids is 1. The molecule has 0 radical (unpaired) electrons. The maximum absolute atomic E-state index is 13.7. The normalized spacial score (nSPS) is 15.0. The Morgan fingerprint density at radius 3 is 2.59 bits per heavy atom. The molecule has 0 N–H and O–H groups in total. The molecule has 0 fully saturated rings. The minimum Gasteiger partial charge on any atom is -0.488 e. The van der Waals surface area contributed by atoms with Crippen LogP contribution in [-0.4, -0.2) is 17.1 Å². The first kappa shape index (κ1) is 29.3. The minimum atomic E-state index is -0.810. The van der Waals surface area contributed by atoms with E-state index >= 15 is 0 Å². The smallest absolute Gasteiger partial charge is 0.338 e. The molecule has 4 aromatic rings. The van der Waals surface area contributed by atoms with E-state index in [4.69, 9.17) is 32.7 Å². The quantitative estimate of drug-likeness (QED) is 0.208.